The number of carbonyl (C=O) groups excluding carboxylic acids is 2. The number of nitrogens with two attached hydrogens (primary N) is 1. The third-order valence-electron chi connectivity index (χ3n) is 8.69. The number of sulfonamides is 1. The number of ketones is 1. The molecule has 0 spiro atoms. The Labute approximate surface area is 192 Å². The van der Waals surface area contributed by atoms with Crippen LogP contribution in [0.1, 0.15) is 57.8 Å². The van der Waals surface area contributed by atoms with Crippen molar-refractivity contribution >= 4 is 33.3 Å². The van der Waals surface area contributed by atoms with Gasteiger partial charge < -0.3 is 5.73 Å². The number of carbonyl (C=O) groups is 2. The highest BCUT2D eigenvalue weighted by molar-refractivity contribution is 7.89. The molecule has 32 heavy (non-hydrogen) atoms. The predicted octanol–water partition coefficient (Wildman–Crippen LogP) is 3.57. The molecule has 3 N–H and O–H groups in total. The zero-order chi connectivity index (χ0) is 22.9. The first-order valence-corrected chi connectivity index (χ1v) is 13.2. The molecule has 4 bridgehead atoms. The lowest BCUT2D eigenvalue weighted by molar-refractivity contribution is -0.152. The summed E-state index contributed by atoms with van der Waals surface area (Å²) in [6.07, 6.45) is 6.19. The summed E-state index contributed by atoms with van der Waals surface area (Å²) in [5, 5.41) is -0.279. The number of Topliss-reactive ketones (excluding diaryl/α,β-unsaturated/α-hetero) is 1. The van der Waals surface area contributed by atoms with Gasteiger partial charge in [-0.1, -0.05) is 17.7 Å². The van der Waals surface area contributed by atoms with Crippen LogP contribution in [0.4, 0.5) is 4.39 Å². The van der Waals surface area contributed by atoms with Crippen LogP contribution in [0.5, 0.6) is 0 Å². The summed E-state index contributed by atoms with van der Waals surface area (Å²) in [7, 11) is -4.25. The van der Waals surface area contributed by atoms with Crippen molar-refractivity contribution in [2.45, 2.75) is 68.2 Å². The van der Waals surface area contributed by atoms with E-state index in [1.54, 1.807) is 0 Å². The van der Waals surface area contributed by atoms with Crippen molar-refractivity contribution in [2.24, 2.45) is 34.8 Å². The number of halogens is 2. The van der Waals surface area contributed by atoms with E-state index in [4.69, 9.17) is 17.3 Å². The first-order valence-electron chi connectivity index (χ1n) is 11.4. The van der Waals surface area contributed by atoms with E-state index in [9.17, 15) is 22.4 Å². The minimum atomic E-state index is -4.25. The highest BCUT2D eigenvalue weighted by atomic mass is 35.5. The van der Waals surface area contributed by atoms with Crippen LogP contribution in [0.3, 0.4) is 0 Å². The fourth-order valence-corrected chi connectivity index (χ4v) is 8.92. The third-order valence-corrected chi connectivity index (χ3v) is 10.5. The summed E-state index contributed by atoms with van der Waals surface area (Å²) in [6, 6.07) is 3.81. The Hall–Kier alpha value is -1.51. The molecule has 5 aliphatic rings. The van der Waals surface area contributed by atoms with Gasteiger partial charge in [-0.2, -0.15) is 4.72 Å². The Morgan fingerprint density at radius 1 is 1.16 bits per heavy atom. The lowest BCUT2D eigenvalue weighted by Gasteiger charge is -2.59. The van der Waals surface area contributed by atoms with Gasteiger partial charge in [0.1, 0.15) is 4.90 Å². The second-order valence-electron chi connectivity index (χ2n) is 10.5. The fraction of sp³-hybridized carbons (Fsp3) is 0.652. The molecule has 5 saturated carbocycles. The van der Waals surface area contributed by atoms with Gasteiger partial charge in [0.05, 0.1) is 10.6 Å². The molecule has 5 fully saturated rings. The number of benzene rings is 1. The molecule has 0 saturated heterocycles. The smallest absolute Gasteiger partial charge is 0.244 e. The molecule has 1 aromatic rings. The van der Waals surface area contributed by atoms with Gasteiger partial charge >= 0.3 is 0 Å². The van der Waals surface area contributed by atoms with Crippen molar-refractivity contribution in [1.29, 1.82) is 0 Å². The molecule has 0 aromatic heterocycles. The molecular formula is C23H28ClFN2O4S. The largest absolute Gasteiger partial charge is 0.369 e. The second kappa shape index (κ2) is 7.50. The Kier molecular flexibility index (Phi) is 5.23. The first-order chi connectivity index (χ1) is 15.1. The summed E-state index contributed by atoms with van der Waals surface area (Å²) in [5.74, 6) is -0.159. The van der Waals surface area contributed by atoms with Gasteiger partial charge in [-0.25, -0.2) is 12.8 Å². The molecule has 0 heterocycles. The average Bonchev–Trinajstić information content (AvgIpc) is 2.68. The molecule has 0 radical (unpaired) electrons. The molecule has 1 amide bonds. The van der Waals surface area contributed by atoms with E-state index < -0.39 is 31.7 Å². The molecule has 2 atom stereocenters. The molecule has 2 unspecified atom stereocenters. The van der Waals surface area contributed by atoms with Crippen LogP contribution < -0.4 is 10.5 Å². The number of hydrogen-bond donors (Lipinski definition) is 2. The predicted molar refractivity (Wildman–Crippen MR) is 117 cm³/mol. The van der Waals surface area contributed by atoms with Crippen LogP contribution >= 0.6 is 11.6 Å². The zero-order valence-corrected chi connectivity index (χ0v) is 19.4. The van der Waals surface area contributed by atoms with E-state index in [0.717, 1.165) is 44.6 Å². The first kappa shape index (κ1) is 22.3. The van der Waals surface area contributed by atoms with E-state index in [1.807, 2.05) is 0 Å². The van der Waals surface area contributed by atoms with Crippen LogP contribution in [0, 0.1) is 34.9 Å². The Bertz CT molecular complexity index is 1070. The van der Waals surface area contributed by atoms with E-state index in [-0.39, 0.29) is 40.9 Å². The minimum absolute atomic E-state index is 0.125. The van der Waals surface area contributed by atoms with Crippen LogP contribution in [0.2, 0.25) is 5.02 Å². The number of rotatable bonds is 7. The molecule has 9 heteroatoms. The maximum Gasteiger partial charge on any atom is 0.244 e. The standard InChI is InChI=1S/C23H28ClFN2O4S/c24-17-3-1-4-18(20(17)25)32(30,31)27-23(5-2-6-23)19(28)9-16-14-7-13-8-15(16)12-22(10-13,11-14)21(26)29/h1,3-4,13-16,27H,2,5-12H2,(H2,26,29). The molecule has 5 aliphatic carbocycles. The van der Waals surface area contributed by atoms with E-state index in [0.29, 0.717) is 18.8 Å². The van der Waals surface area contributed by atoms with E-state index in [1.165, 1.54) is 12.1 Å². The minimum Gasteiger partial charge on any atom is -0.369 e. The Morgan fingerprint density at radius 3 is 2.38 bits per heavy atom. The van der Waals surface area contributed by atoms with Gasteiger partial charge in [0.15, 0.2) is 11.6 Å². The summed E-state index contributed by atoms with van der Waals surface area (Å²) < 4.78 is 42.8. The zero-order valence-electron chi connectivity index (χ0n) is 17.8. The Morgan fingerprint density at radius 2 is 1.81 bits per heavy atom. The normalized spacial score (nSPS) is 34.8. The van der Waals surface area contributed by atoms with Gasteiger partial charge in [0.2, 0.25) is 15.9 Å². The van der Waals surface area contributed by atoms with Gasteiger partial charge in [-0.3, -0.25) is 9.59 Å². The summed E-state index contributed by atoms with van der Waals surface area (Å²) in [5.41, 5.74) is 4.15. The third kappa shape index (κ3) is 3.41. The monoisotopic (exact) mass is 482 g/mol. The van der Waals surface area contributed by atoms with Gasteiger partial charge in [0.25, 0.3) is 0 Å². The highest BCUT2D eigenvalue weighted by Gasteiger charge is 2.59. The van der Waals surface area contributed by atoms with Crippen molar-refractivity contribution in [3.8, 4) is 0 Å². The lowest BCUT2D eigenvalue weighted by atomic mass is 9.45. The molecule has 0 aliphatic heterocycles. The number of primary amides is 1. The van der Waals surface area contributed by atoms with Crippen molar-refractivity contribution < 1.29 is 22.4 Å². The number of nitrogens with one attached hydrogen (secondary N) is 1. The van der Waals surface area contributed by atoms with Crippen molar-refractivity contribution in [2.75, 3.05) is 0 Å². The molecular weight excluding hydrogens is 455 g/mol. The lowest BCUT2D eigenvalue weighted by Crippen LogP contribution is -2.61. The number of hydrogen-bond acceptors (Lipinski definition) is 4. The van der Waals surface area contributed by atoms with Crippen molar-refractivity contribution in [3.63, 3.8) is 0 Å². The molecule has 1 aromatic carbocycles. The summed E-state index contributed by atoms with van der Waals surface area (Å²) in [6.45, 7) is 0. The molecule has 174 valence electrons. The van der Waals surface area contributed by atoms with Crippen LogP contribution in [0.15, 0.2) is 23.1 Å². The van der Waals surface area contributed by atoms with Gasteiger partial charge in [0, 0.05) is 11.8 Å². The highest BCUT2D eigenvalue weighted by Crippen LogP contribution is 2.63. The maximum atomic E-state index is 14.4. The van der Waals surface area contributed by atoms with Crippen molar-refractivity contribution in [3.05, 3.63) is 29.0 Å². The van der Waals surface area contributed by atoms with E-state index in [2.05, 4.69) is 4.72 Å². The van der Waals surface area contributed by atoms with Crippen LogP contribution in [-0.4, -0.2) is 25.6 Å². The summed E-state index contributed by atoms with van der Waals surface area (Å²) >= 11 is 5.77. The second-order valence-corrected chi connectivity index (χ2v) is 12.6. The van der Waals surface area contributed by atoms with E-state index >= 15 is 0 Å². The van der Waals surface area contributed by atoms with Gasteiger partial charge in [-0.15, -0.1) is 0 Å². The van der Waals surface area contributed by atoms with Crippen molar-refractivity contribution in [1.82, 2.24) is 4.72 Å². The maximum absolute atomic E-state index is 14.4. The topological polar surface area (TPSA) is 106 Å². The van der Waals surface area contributed by atoms with Crippen LogP contribution in [0.25, 0.3) is 0 Å². The fourth-order valence-electron chi connectivity index (χ4n) is 7.15. The molecule has 6 nitrogen and oxygen atoms in total. The quantitative estimate of drug-likeness (QED) is 0.619. The number of amides is 1. The summed E-state index contributed by atoms with van der Waals surface area (Å²) in [4.78, 5) is 25.1. The van der Waals surface area contributed by atoms with Gasteiger partial charge in [-0.05, 0) is 87.2 Å². The van der Waals surface area contributed by atoms with Crippen LogP contribution in [-0.2, 0) is 19.6 Å². The SMILES string of the molecule is NC(=O)C12CC3CC(C1)C(CC(=O)C1(NS(=O)(=O)c4cccc(Cl)c4F)CCC1)C(C3)C2. The Balaban J connectivity index is 1.35. The average molecular weight is 483 g/mol. The molecule has 6 rings (SSSR count).